The lowest BCUT2D eigenvalue weighted by Gasteiger charge is -2.36. The van der Waals surface area contributed by atoms with Crippen molar-refractivity contribution in [2.24, 2.45) is 5.41 Å². The minimum absolute atomic E-state index is 0.0404. The van der Waals surface area contributed by atoms with Crippen molar-refractivity contribution in [2.75, 3.05) is 37.6 Å². The van der Waals surface area contributed by atoms with Gasteiger partial charge < -0.3 is 15.1 Å². The highest BCUT2D eigenvalue weighted by Gasteiger charge is 2.25. The molecule has 1 fully saturated rings. The van der Waals surface area contributed by atoms with Crippen molar-refractivity contribution in [3.63, 3.8) is 0 Å². The summed E-state index contributed by atoms with van der Waals surface area (Å²) >= 11 is 6.21. The number of carbonyl (C=O) groups excluding carboxylic acids is 2. The molecule has 0 radical (unpaired) electrons. The van der Waals surface area contributed by atoms with Crippen LogP contribution in [0.1, 0.15) is 20.8 Å². The molecule has 23 heavy (non-hydrogen) atoms. The molecule has 0 aromatic heterocycles. The molecule has 2 rings (SSSR count). The van der Waals surface area contributed by atoms with E-state index >= 15 is 0 Å². The summed E-state index contributed by atoms with van der Waals surface area (Å²) in [6, 6.07) is 7.73. The Morgan fingerprint density at radius 1 is 1.13 bits per heavy atom. The van der Waals surface area contributed by atoms with Crippen molar-refractivity contribution < 1.29 is 9.59 Å². The Kier molecular flexibility index (Phi) is 5.52. The van der Waals surface area contributed by atoms with Gasteiger partial charge in [0, 0.05) is 31.6 Å². The second-order valence-electron chi connectivity index (χ2n) is 6.75. The number of piperazine rings is 1. The first-order chi connectivity index (χ1) is 10.8. The van der Waals surface area contributed by atoms with Gasteiger partial charge in [0.05, 0.1) is 17.3 Å². The number of nitrogens with zero attached hydrogens (tertiary/aromatic N) is 2. The lowest BCUT2D eigenvalue weighted by molar-refractivity contribution is -0.135. The summed E-state index contributed by atoms with van der Waals surface area (Å²) in [4.78, 5) is 28.0. The van der Waals surface area contributed by atoms with Crippen LogP contribution < -0.4 is 10.2 Å². The van der Waals surface area contributed by atoms with E-state index in [4.69, 9.17) is 11.6 Å². The minimum Gasteiger partial charge on any atom is -0.367 e. The summed E-state index contributed by atoms with van der Waals surface area (Å²) in [5.41, 5.74) is 0.519. The molecule has 1 aromatic carbocycles. The highest BCUT2D eigenvalue weighted by molar-refractivity contribution is 6.33. The molecule has 6 heteroatoms. The van der Waals surface area contributed by atoms with E-state index in [1.807, 2.05) is 45.0 Å². The van der Waals surface area contributed by atoms with Gasteiger partial charge in [0.2, 0.25) is 11.8 Å². The van der Waals surface area contributed by atoms with Gasteiger partial charge in [0.25, 0.3) is 0 Å². The van der Waals surface area contributed by atoms with Crippen molar-refractivity contribution >= 4 is 29.1 Å². The van der Waals surface area contributed by atoms with Crippen LogP contribution in [0.3, 0.4) is 0 Å². The number of amides is 2. The zero-order valence-corrected chi connectivity index (χ0v) is 14.7. The molecule has 0 spiro atoms. The SMILES string of the molecule is CC(C)(C)C(=O)NCC(=O)N1CCN(c2ccccc2Cl)CC1. The fourth-order valence-electron chi connectivity index (χ4n) is 2.44. The maximum atomic E-state index is 12.2. The number of para-hydroxylation sites is 1. The average Bonchev–Trinajstić information content (AvgIpc) is 2.52. The van der Waals surface area contributed by atoms with Gasteiger partial charge in [-0.2, -0.15) is 0 Å². The number of halogens is 1. The Morgan fingerprint density at radius 2 is 1.74 bits per heavy atom. The number of anilines is 1. The lowest BCUT2D eigenvalue weighted by Crippen LogP contribution is -2.52. The number of nitrogens with one attached hydrogen (secondary N) is 1. The summed E-state index contributed by atoms with van der Waals surface area (Å²) in [6.07, 6.45) is 0. The number of hydrogen-bond donors (Lipinski definition) is 1. The number of rotatable bonds is 3. The van der Waals surface area contributed by atoms with Gasteiger partial charge in [-0.3, -0.25) is 9.59 Å². The molecule has 126 valence electrons. The van der Waals surface area contributed by atoms with Gasteiger partial charge in [-0.15, -0.1) is 0 Å². The zero-order chi connectivity index (χ0) is 17.0. The molecule has 0 unspecified atom stereocenters. The molecular formula is C17H24ClN3O2. The topological polar surface area (TPSA) is 52.7 Å². The molecular weight excluding hydrogens is 314 g/mol. The van der Waals surface area contributed by atoms with Gasteiger partial charge in [0.15, 0.2) is 0 Å². The van der Waals surface area contributed by atoms with E-state index in [1.165, 1.54) is 0 Å². The molecule has 0 atom stereocenters. The maximum Gasteiger partial charge on any atom is 0.242 e. The van der Waals surface area contributed by atoms with Crippen molar-refractivity contribution in [1.82, 2.24) is 10.2 Å². The summed E-state index contributed by atoms with van der Waals surface area (Å²) in [6.45, 7) is 8.29. The van der Waals surface area contributed by atoms with Gasteiger partial charge >= 0.3 is 0 Å². The fourth-order valence-corrected chi connectivity index (χ4v) is 2.69. The maximum absolute atomic E-state index is 12.2. The van der Waals surface area contributed by atoms with Crippen LogP contribution in [0.25, 0.3) is 0 Å². The second-order valence-corrected chi connectivity index (χ2v) is 7.16. The van der Waals surface area contributed by atoms with Crippen molar-refractivity contribution in [3.05, 3.63) is 29.3 Å². The van der Waals surface area contributed by atoms with Crippen LogP contribution in [0.2, 0.25) is 5.02 Å². The number of benzene rings is 1. The van der Waals surface area contributed by atoms with E-state index in [-0.39, 0.29) is 18.4 Å². The van der Waals surface area contributed by atoms with Gasteiger partial charge in [-0.25, -0.2) is 0 Å². The van der Waals surface area contributed by atoms with Crippen molar-refractivity contribution in [3.8, 4) is 0 Å². The molecule has 1 heterocycles. The molecule has 1 aliphatic rings. The summed E-state index contributed by atoms with van der Waals surface area (Å²) in [5.74, 6) is -0.151. The van der Waals surface area contributed by atoms with E-state index in [0.29, 0.717) is 13.1 Å². The molecule has 1 aliphatic heterocycles. The first-order valence-electron chi connectivity index (χ1n) is 7.84. The third-order valence-corrected chi connectivity index (χ3v) is 4.23. The monoisotopic (exact) mass is 337 g/mol. The first-order valence-corrected chi connectivity index (χ1v) is 8.22. The highest BCUT2D eigenvalue weighted by atomic mass is 35.5. The van der Waals surface area contributed by atoms with Gasteiger partial charge in [-0.05, 0) is 12.1 Å². The van der Waals surface area contributed by atoms with Crippen molar-refractivity contribution in [2.45, 2.75) is 20.8 Å². The Hall–Kier alpha value is -1.75. The van der Waals surface area contributed by atoms with Crippen LogP contribution in [0.15, 0.2) is 24.3 Å². The summed E-state index contributed by atoms with van der Waals surface area (Å²) in [5, 5.41) is 3.43. The quantitative estimate of drug-likeness (QED) is 0.919. The molecule has 0 saturated carbocycles. The predicted molar refractivity (Wildman–Crippen MR) is 92.7 cm³/mol. The van der Waals surface area contributed by atoms with E-state index in [1.54, 1.807) is 4.90 Å². The van der Waals surface area contributed by atoms with Crippen LogP contribution in [0.5, 0.6) is 0 Å². The molecule has 1 N–H and O–H groups in total. The third-order valence-electron chi connectivity index (χ3n) is 3.91. The van der Waals surface area contributed by atoms with E-state index in [9.17, 15) is 9.59 Å². The Labute approximate surface area is 142 Å². The Morgan fingerprint density at radius 3 is 2.30 bits per heavy atom. The van der Waals surface area contributed by atoms with Crippen LogP contribution >= 0.6 is 11.6 Å². The van der Waals surface area contributed by atoms with Gasteiger partial charge in [0.1, 0.15) is 0 Å². The molecule has 2 amide bonds. The first kappa shape index (κ1) is 17.6. The molecule has 0 bridgehead atoms. The normalized spacial score (nSPS) is 15.5. The summed E-state index contributed by atoms with van der Waals surface area (Å²) in [7, 11) is 0. The third kappa shape index (κ3) is 4.61. The predicted octanol–water partition coefficient (Wildman–Crippen LogP) is 2.15. The van der Waals surface area contributed by atoms with Crippen LogP contribution in [-0.4, -0.2) is 49.4 Å². The summed E-state index contributed by atoms with van der Waals surface area (Å²) < 4.78 is 0. The molecule has 0 aliphatic carbocycles. The lowest BCUT2D eigenvalue weighted by atomic mass is 9.96. The zero-order valence-electron chi connectivity index (χ0n) is 13.9. The average molecular weight is 338 g/mol. The standard InChI is InChI=1S/C17H24ClN3O2/c1-17(2,3)16(23)19-12-15(22)21-10-8-20(9-11-21)14-7-5-4-6-13(14)18/h4-7H,8-12H2,1-3H3,(H,19,23). The highest BCUT2D eigenvalue weighted by Crippen LogP contribution is 2.25. The molecule has 1 aromatic rings. The van der Waals surface area contributed by atoms with E-state index in [2.05, 4.69) is 10.2 Å². The van der Waals surface area contributed by atoms with Crippen molar-refractivity contribution in [1.29, 1.82) is 0 Å². The molecule has 5 nitrogen and oxygen atoms in total. The Balaban J connectivity index is 1.83. The van der Waals surface area contributed by atoms with E-state index < -0.39 is 5.41 Å². The molecule has 1 saturated heterocycles. The number of hydrogen-bond acceptors (Lipinski definition) is 3. The minimum atomic E-state index is -0.483. The van der Waals surface area contributed by atoms with Crippen LogP contribution in [-0.2, 0) is 9.59 Å². The Bertz CT molecular complexity index is 575. The van der Waals surface area contributed by atoms with Crippen LogP contribution in [0.4, 0.5) is 5.69 Å². The largest absolute Gasteiger partial charge is 0.367 e. The van der Waals surface area contributed by atoms with E-state index in [0.717, 1.165) is 23.8 Å². The fraction of sp³-hybridized carbons (Fsp3) is 0.529. The van der Waals surface area contributed by atoms with Crippen LogP contribution in [0, 0.1) is 5.41 Å². The smallest absolute Gasteiger partial charge is 0.242 e. The van der Waals surface area contributed by atoms with Gasteiger partial charge in [-0.1, -0.05) is 44.5 Å². The number of carbonyl (C=O) groups is 2. The second kappa shape index (κ2) is 7.21.